The molecule has 3 N–H and O–H groups in total. The van der Waals surface area contributed by atoms with Gasteiger partial charge in [-0.15, -0.1) is 0 Å². The number of halogens is 2. The van der Waals surface area contributed by atoms with E-state index in [4.69, 9.17) is 4.74 Å². The van der Waals surface area contributed by atoms with Crippen molar-refractivity contribution in [1.82, 2.24) is 10.6 Å². The molecule has 0 aromatic heterocycles. The monoisotopic (exact) mass is 564 g/mol. The molecule has 1 saturated heterocycles. The van der Waals surface area contributed by atoms with Gasteiger partial charge in [0.1, 0.15) is 17.5 Å². The van der Waals surface area contributed by atoms with E-state index in [2.05, 4.69) is 55.8 Å². The first-order chi connectivity index (χ1) is 11.8. The zero-order valence-corrected chi connectivity index (χ0v) is 17.4. The van der Waals surface area contributed by atoms with Gasteiger partial charge >= 0.3 is 6.03 Å². The number of aromatic hydroxyl groups is 1. The lowest BCUT2D eigenvalue weighted by Gasteiger charge is -2.14. The quantitative estimate of drug-likeness (QED) is 0.393. The lowest BCUT2D eigenvalue weighted by atomic mass is 10.1. The van der Waals surface area contributed by atoms with E-state index < -0.39 is 12.1 Å². The summed E-state index contributed by atoms with van der Waals surface area (Å²) in [5, 5.41) is 14.4. The number of hydrogen-bond donors (Lipinski definition) is 3. The Labute approximate surface area is 171 Å². The first-order valence-corrected chi connectivity index (χ1v) is 9.56. The van der Waals surface area contributed by atoms with Gasteiger partial charge in [-0.3, -0.25) is 10.1 Å². The number of imide groups is 1. The number of aryl methyl sites for hydroxylation is 1. The number of benzene rings is 2. The maximum Gasteiger partial charge on any atom is 0.322 e. The molecular weight excluding hydrogens is 550 g/mol. The summed E-state index contributed by atoms with van der Waals surface area (Å²) in [5.74, 6) is 1.27. The molecule has 0 spiro atoms. The first-order valence-electron chi connectivity index (χ1n) is 7.40. The lowest BCUT2D eigenvalue weighted by Crippen LogP contribution is -2.31. The molecule has 130 valence electrons. The van der Waals surface area contributed by atoms with Gasteiger partial charge in [-0.1, -0.05) is 0 Å². The van der Waals surface area contributed by atoms with Crippen LogP contribution in [0.25, 0.3) is 0 Å². The number of urea groups is 1. The molecule has 1 fully saturated rings. The molecule has 0 bridgehead atoms. The molecule has 3 amide bonds. The number of hydrogen-bond acceptors (Lipinski definition) is 4. The largest absolute Gasteiger partial charge is 0.508 e. The SMILES string of the molecule is Cc1cc(Oc2c(I)cc(CC3NC(=O)NC3=O)cc2I)ccc1O. The molecule has 25 heavy (non-hydrogen) atoms. The maximum absolute atomic E-state index is 11.7. The van der Waals surface area contributed by atoms with Crippen molar-refractivity contribution in [2.24, 2.45) is 0 Å². The summed E-state index contributed by atoms with van der Waals surface area (Å²) in [5.41, 5.74) is 1.67. The smallest absolute Gasteiger partial charge is 0.322 e. The van der Waals surface area contributed by atoms with Crippen molar-refractivity contribution in [3.05, 3.63) is 48.6 Å². The second-order valence-corrected chi connectivity index (χ2v) is 7.98. The molecule has 1 atom stereocenters. The summed E-state index contributed by atoms with van der Waals surface area (Å²) in [6, 6.07) is 7.94. The first kappa shape index (κ1) is 18.2. The minimum Gasteiger partial charge on any atom is -0.508 e. The van der Waals surface area contributed by atoms with Crippen molar-refractivity contribution >= 4 is 57.1 Å². The molecule has 2 aromatic carbocycles. The Balaban J connectivity index is 1.81. The molecule has 1 aliphatic heterocycles. The fourth-order valence-corrected chi connectivity index (χ4v) is 4.59. The second-order valence-electron chi connectivity index (χ2n) is 5.66. The van der Waals surface area contributed by atoms with E-state index in [1.165, 1.54) is 0 Å². The van der Waals surface area contributed by atoms with Crippen LogP contribution in [0.15, 0.2) is 30.3 Å². The van der Waals surface area contributed by atoms with E-state index in [0.29, 0.717) is 12.2 Å². The van der Waals surface area contributed by atoms with Crippen LogP contribution in [0.3, 0.4) is 0 Å². The fraction of sp³-hybridized carbons (Fsp3) is 0.176. The number of carbonyl (C=O) groups excluding carboxylic acids is 2. The van der Waals surface area contributed by atoms with Crippen molar-refractivity contribution in [3.63, 3.8) is 0 Å². The highest BCUT2D eigenvalue weighted by atomic mass is 127. The van der Waals surface area contributed by atoms with Gasteiger partial charge in [0.25, 0.3) is 5.91 Å². The second kappa shape index (κ2) is 7.36. The Morgan fingerprint density at radius 3 is 2.40 bits per heavy atom. The molecule has 6 nitrogen and oxygen atoms in total. The van der Waals surface area contributed by atoms with Crippen molar-refractivity contribution in [3.8, 4) is 17.2 Å². The Kier molecular flexibility index (Phi) is 5.37. The zero-order chi connectivity index (χ0) is 18.1. The van der Waals surface area contributed by atoms with E-state index in [1.54, 1.807) is 18.2 Å². The van der Waals surface area contributed by atoms with Gasteiger partial charge < -0.3 is 15.2 Å². The van der Waals surface area contributed by atoms with Crippen LogP contribution in [0.4, 0.5) is 4.79 Å². The van der Waals surface area contributed by atoms with E-state index >= 15 is 0 Å². The Hall–Kier alpha value is -1.56. The van der Waals surface area contributed by atoms with Crippen LogP contribution in [0.2, 0.25) is 0 Å². The maximum atomic E-state index is 11.7. The summed E-state index contributed by atoms with van der Waals surface area (Å²) >= 11 is 4.37. The van der Waals surface area contributed by atoms with Crippen LogP contribution in [0.5, 0.6) is 17.2 Å². The number of phenols is 1. The Morgan fingerprint density at radius 2 is 1.84 bits per heavy atom. The van der Waals surface area contributed by atoms with Crippen molar-refractivity contribution in [2.75, 3.05) is 0 Å². The van der Waals surface area contributed by atoms with E-state index in [1.807, 2.05) is 19.1 Å². The van der Waals surface area contributed by atoms with Crippen LogP contribution < -0.4 is 15.4 Å². The van der Waals surface area contributed by atoms with Crippen LogP contribution >= 0.6 is 45.2 Å². The van der Waals surface area contributed by atoms with Gasteiger partial charge in [-0.2, -0.15) is 0 Å². The topological polar surface area (TPSA) is 87.7 Å². The summed E-state index contributed by atoms with van der Waals surface area (Å²) in [6.45, 7) is 1.81. The number of carbonyl (C=O) groups is 2. The molecule has 2 aromatic rings. The van der Waals surface area contributed by atoms with E-state index in [0.717, 1.165) is 24.0 Å². The molecule has 0 radical (unpaired) electrons. The van der Waals surface area contributed by atoms with Gasteiger partial charge in [0, 0.05) is 6.42 Å². The predicted octanol–water partition coefficient (Wildman–Crippen LogP) is 3.45. The minimum absolute atomic E-state index is 0.226. The molecule has 0 saturated carbocycles. The van der Waals surface area contributed by atoms with Gasteiger partial charge in [-0.25, -0.2) is 4.79 Å². The summed E-state index contributed by atoms with van der Waals surface area (Å²) in [4.78, 5) is 22.9. The summed E-state index contributed by atoms with van der Waals surface area (Å²) < 4.78 is 7.76. The highest BCUT2D eigenvalue weighted by Crippen LogP contribution is 2.34. The fourth-order valence-electron chi connectivity index (χ4n) is 2.48. The third-order valence-corrected chi connectivity index (χ3v) is 5.35. The van der Waals surface area contributed by atoms with E-state index in [9.17, 15) is 14.7 Å². The number of amides is 3. The van der Waals surface area contributed by atoms with Gasteiger partial charge in [0.2, 0.25) is 0 Å². The summed E-state index contributed by atoms with van der Waals surface area (Å²) in [6.07, 6.45) is 0.419. The van der Waals surface area contributed by atoms with Crippen LogP contribution in [0.1, 0.15) is 11.1 Å². The molecule has 1 unspecified atom stereocenters. The van der Waals surface area contributed by atoms with Crippen LogP contribution in [-0.4, -0.2) is 23.1 Å². The van der Waals surface area contributed by atoms with E-state index in [-0.39, 0.29) is 11.7 Å². The number of phenolic OH excluding ortho intramolecular Hbond substituents is 1. The van der Waals surface area contributed by atoms with Gasteiger partial charge in [0.15, 0.2) is 5.75 Å². The molecule has 0 aliphatic carbocycles. The highest BCUT2D eigenvalue weighted by molar-refractivity contribution is 14.1. The third-order valence-electron chi connectivity index (χ3n) is 3.74. The normalized spacial score (nSPS) is 16.5. The third kappa shape index (κ3) is 4.17. The lowest BCUT2D eigenvalue weighted by molar-refractivity contribution is -0.120. The van der Waals surface area contributed by atoms with Crippen LogP contribution in [0, 0.1) is 14.1 Å². The average Bonchev–Trinajstić information content (AvgIpc) is 2.84. The molecule has 1 aliphatic rings. The summed E-state index contributed by atoms with van der Waals surface area (Å²) in [7, 11) is 0. The standard InChI is InChI=1S/C17H14I2N2O4/c1-8-4-10(2-3-14(8)22)25-15-11(18)5-9(6-12(15)19)7-13-16(23)21-17(24)20-13/h2-6,13,22H,7H2,1H3,(H2,20,21,23,24). The molecule has 8 heteroatoms. The molecule has 3 rings (SSSR count). The van der Waals surface area contributed by atoms with Gasteiger partial charge in [0.05, 0.1) is 7.14 Å². The number of ether oxygens (including phenoxy) is 1. The molecule has 1 heterocycles. The van der Waals surface area contributed by atoms with Crippen molar-refractivity contribution < 1.29 is 19.4 Å². The Morgan fingerprint density at radius 1 is 1.16 bits per heavy atom. The molecular formula is C17H14I2N2O4. The predicted molar refractivity (Wildman–Crippen MR) is 109 cm³/mol. The van der Waals surface area contributed by atoms with Gasteiger partial charge in [-0.05, 0) is 93.6 Å². The van der Waals surface area contributed by atoms with Crippen LogP contribution in [-0.2, 0) is 11.2 Å². The number of rotatable bonds is 4. The Bertz CT molecular complexity index is 847. The number of nitrogens with one attached hydrogen (secondary N) is 2. The minimum atomic E-state index is -0.550. The van der Waals surface area contributed by atoms with Crippen molar-refractivity contribution in [2.45, 2.75) is 19.4 Å². The highest BCUT2D eigenvalue weighted by Gasteiger charge is 2.29. The zero-order valence-electron chi connectivity index (χ0n) is 13.1. The average molecular weight is 564 g/mol. The van der Waals surface area contributed by atoms with Crippen molar-refractivity contribution in [1.29, 1.82) is 0 Å².